The van der Waals surface area contributed by atoms with E-state index in [1.807, 2.05) is 0 Å². The number of hydrogen-bond donors (Lipinski definition) is 3. The van der Waals surface area contributed by atoms with Crippen LogP contribution in [-0.2, 0) is 9.59 Å². The van der Waals surface area contributed by atoms with E-state index in [2.05, 4.69) is 15.6 Å². The van der Waals surface area contributed by atoms with E-state index in [9.17, 15) is 9.59 Å². The fraction of sp³-hybridized carbons (Fsp3) is 0.250. The summed E-state index contributed by atoms with van der Waals surface area (Å²) in [5.74, 6) is -0.795. The van der Waals surface area contributed by atoms with E-state index < -0.39 is 0 Å². The highest BCUT2D eigenvalue weighted by Gasteiger charge is 2.04. The number of anilines is 1. The summed E-state index contributed by atoms with van der Waals surface area (Å²) in [7, 11) is 0. The lowest BCUT2D eigenvalue weighted by atomic mass is 10.5. The molecule has 76 valence electrons. The molecule has 0 atom stereocenters. The van der Waals surface area contributed by atoms with Gasteiger partial charge in [0.05, 0.1) is 12.2 Å². The van der Waals surface area contributed by atoms with E-state index in [-0.39, 0.29) is 24.2 Å². The van der Waals surface area contributed by atoms with E-state index in [4.69, 9.17) is 11.6 Å². The Kier molecular flexibility index (Phi) is 4.00. The molecule has 0 aromatic carbocycles. The molecule has 0 saturated carbocycles. The molecule has 14 heavy (non-hydrogen) atoms. The number of carbonyl (C=O) groups excluding carboxylic acids is 2. The van der Waals surface area contributed by atoms with Gasteiger partial charge in [0, 0.05) is 12.4 Å². The number of amides is 2. The predicted octanol–water partition coefficient (Wildman–Crippen LogP) is 0.308. The molecule has 1 aromatic rings. The smallest absolute Gasteiger partial charge is 0.243 e. The molecule has 0 radical (unpaired) electrons. The van der Waals surface area contributed by atoms with Crippen molar-refractivity contribution in [2.75, 3.05) is 17.7 Å². The van der Waals surface area contributed by atoms with Gasteiger partial charge < -0.3 is 15.6 Å². The number of H-pyrrole nitrogens is 1. The summed E-state index contributed by atoms with van der Waals surface area (Å²) in [6, 6.07) is 1.71. The Morgan fingerprint density at radius 3 is 2.79 bits per heavy atom. The standard InChI is InChI=1S/C8H10ClN3O2/c9-3-7(13)11-5-8(14)12-6-1-2-10-4-6/h1-2,4,10H,3,5H2,(H,11,13)(H,12,14). The molecule has 6 heteroatoms. The van der Waals surface area contributed by atoms with Gasteiger partial charge in [-0.05, 0) is 6.07 Å². The molecule has 5 nitrogen and oxygen atoms in total. The summed E-state index contributed by atoms with van der Waals surface area (Å²) in [5.41, 5.74) is 0.662. The number of alkyl halides is 1. The number of aromatic nitrogens is 1. The van der Waals surface area contributed by atoms with Gasteiger partial charge in [-0.3, -0.25) is 9.59 Å². The second kappa shape index (κ2) is 5.29. The lowest BCUT2D eigenvalue weighted by molar-refractivity contribution is -0.122. The summed E-state index contributed by atoms with van der Waals surface area (Å²) in [6.07, 6.45) is 3.33. The van der Waals surface area contributed by atoms with Crippen molar-refractivity contribution in [2.24, 2.45) is 0 Å². The lowest BCUT2D eigenvalue weighted by Crippen LogP contribution is -2.33. The highest BCUT2D eigenvalue weighted by Crippen LogP contribution is 2.02. The van der Waals surface area contributed by atoms with Crippen LogP contribution >= 0.6 is 11.6 Å². The second-order valence-corrected chi connectivity index (χ2v) is 2.83. The average molecular weight is 216 g/mol. The molecule has 0 fully saturated rings. The first-order valence-corrected chi connectivity index (χ1v) is 4.51. The van der Waals surface area contributed by atoms with Crippen LogP contribution < -0.4 is 10.6 Å². The van der Waals surface area contributed by atoms with Gasteiger partial charge in [-0.25, -0.2) is 0 Å². The fourth-order valence-corrected chi connectivity index (χ4v) is 0.927. The molecule has 0 spiro atoms. The van der Waals surface area contributed by atoms with Crippen LogP contribution in [0.25, 0.3) is 0 Å². The third kappa shape index (κ3) is 3.49. The van der Waals surface area contributed by atoms with E-state index in [1.54, 1.807) is 18.5 Å². The molecular weight excluding hydrogens is 206 g/mol. The van der Waals surface area contributed by atoms with Crippen LogP contribution in [0.4, 0.5) is 5.69 Å². The maximum Gasteiger partial charge on any atom is 0.243 e. The van der Waals surface area contributed by atoms with Gasteiger partial charge >= 0.3 is 0 Å². The molecule has 2 amide bonds. The zero-order chi connectivity index (χ0) is 10.4. The zero-order valence-corrected chi connectivity index (χ0v) is 8.10. The lowest BCUT2D eigenvalue weighted by Gasteiger charge is -2.03. The molecule has 1 rings (SSSR count). The molecule has 0 aliphatic carbocycles. The van der Waals surface area contributed by atoms with Crippen molar-refractivity contribution in [1.29, 1.82) is 0 Å². The van der Waals surface area contributed by atoms with Crippen molar-refractivity contribution in [1.82, 2.24) is 10.3 Å². The normalized spacial score (nSPS) is 9.50. The number of hydrogen-bond acceptors (Lipinski definition) is 2. The number of nitrogens with one attached hydrogen (secondary N) is 3. The van der Waals surface area contributed by atoms with Gasteiger partial charge in [0.15, 0.2) is 0 Å². The molecule has 0 unspecified atom stereocenters. The van der Waals surface area contributed by atoms with Gasteiger partial charge in [-0.2, -0.15) is 0 Å². The van der Waals surface area contributed by atoms with Crippen molar-refractivity contribution in [2.45, 2.75) is 0 Å². The van der Waals surface area contributed by atoms with E-state index in [0.717, 1.165) is 0 Å². The zero-order valence-electron chi connectivity index (χ0n) is 7.34. The van der Waals surface area contributed by atoms with Crippen molar-refractivity contribution >= 4 is 29.1 Å². The molecule has 0 aliphatic heterocycles. The van der Waals surface area contributed by atoms with Gasteiger partial charge in [-0.15, -0.1) is 11.6 Å². The van der Waals surface area contributed by atoms with Gasteiger partial charge in [0.1, 0.15) is 5.88 Å². The Morgan fingerprint density at radius 1 is 1.43 bits per heavy atom. The number of rotatable bonds is 4. The van der Waals surface area contributed by atoms with Crippen LogP contribution in [0.1, 0.15) is 0 Å². The SMILES string of the molecule is O=C(CCl)NCC(=O)Nc1cc[nH]c1. The minimum atomic E-state index is -0.365. The van der Waals surface area contributed by atoms with Crippen molar-refractivity contribution in [3.05, 3.63) is 18.5 Å². The van der Waals surface area contributed by atoms with Gasteiger partial charge in [0.2, 0.25) is 11.8 Å². The van der Waals surface area contributed by atoms with E-state index >= 15 is 0 Å². The minimum absolute atomic E-state index is 0.0727. The van der Waals surface area contributed by atoms with Crippen LogP contribution in [0, 0.1) is 0 Å². The van der Waals surface area contributed by atoms with E-state index in [1.165, 1.54) is 0 Å². The van der Waals surface area contributed by atoms with Crippen LogP contribution in [-0.4, -0.2) is 29.2 Å². The first-order chi connectivity index (χ1) is 6.72. The number of carbonyl (C=O) groups is 2. The summed E-state index contributed by atoms with van der Waals surface area (Å²) in [5, 5.41) is 4.92. The van der Waals surface area contributed by atoms with Crippen molar-refractivity contribution in [3.63, 3.8) is 0 Å². The molecule has 3 N–H and O–H groups in total. The third-order valence-electron chi connectivity index (χ3n) is 1.45. The monoisotopic (exact) mass is 215 g/mol. The molecule has 0 bridgehead atoms. The minimum Gasteiger partial charge on any atom is -0.366 e. The topological polar surface area (TPSA) is 74.0 Å². The summed E-state index contributed by atoms with van der Waals surface area (Å²) in [4.78, 5) is 24.6. The second-order valence-electron chi connectivity index (χ2n) is 2.56. The predicted molar refractivity (Wildman–Crippen MR) is 53.2 cm³/mol. The summed E-state index contributed by atoms with van der Waals surface area (Å²) >= 11 is 5.23. The summed E-state index contributed by atoms with van der Waals surface area (Å²) in [6.45, 7) is -0.0727. The summed E-state index contributed by atoms with van der Waals surface area (Å²) < 4.78 is 0. The number of halogens is 1. The van der Waals surface area contributed by atoms with Crippen LogP contribution in [0.3, 0.4) is 0 Å². The Balaban J connectivity index is 2.26. The first-order valence-electron chi connectivity index (χ1n) is 3.97. The maximum absolute atomic E-state index is 11.1. The van der Waals surface area contributed by atoms with Gasteiger partial charge in [-0.1, -0.05) is 0 Å². The largest absolute Gasteiger partial charge is 0.366 e. The van der Waals surface area contributed by atoms with Gasteiger partial charge in [0.25, 0.3) is 0 Å². The van der Waals surface area contributed by atoms with Crippen LogP contribution in [0.5, 0.6) is 0 Å². The van der Waals surface area contributed by atoms with E-state index in [0.29, 0.717) is 5.69 Å². The van der Waals surface area contributed by atoms with Crippen LogP contribution in [0.2, 0.25) is 0 Å². The Hall–Kier alpha value is -1.49. The molecule has 1 aromatic heterocycles. The Morgan fingerprint density at radius 2 is 2.21 bits per heavy atom. The Bertz CT molecular complexity index is 310. The third-order valence-corrected chi connectivity index (χ3v) is 1.69. The fourth-order valence-electron chi connectivity index (χ4n) is 0.833. The highest BCUT2D eigenvalue weighted by molar-refractivity contribution is 6.27. The first kappa shape index (κ1) is 10.6. The van der Waals surface area contributed by atoms with Crippen molar-refractivity contribution in [3.8, 4) is 0 Å². The Labute approximate surface area is 85.8 Å². The molecule has 0 saturated heterocycles. The quantitative estimate of drug-likeness (QED) is 0.633. The molecule has 1 heterocycles. The highest BCUT2D eigenvalue weighted by atomic mass is 35.5. The molecular formula is C8H10ClN3O2. The number of aromatic amines is 1. The molecule has 0 aliphatic rings. The maximum atomic E-state index is 11.1. The van der Waals surface area contributed by atoms with Crippen LogP contribution in [0.15, 0.2) is 18.5 Å². The van der Waals surface area contributed by atoms with Crippen molar-refractivity contribution < 1.29 is 9.59 Å². The average Bonchev–Trinajstić information content (AvgIpc) is 2.66.